The third-order valence-corrected chi connectivity index (χ3v) is 5.87. The van der Waals surface area contributed by atoms with E-state index in [2.05, 4.69) is 20.2 Å². The highest BCUT2D eigenvalue weighted by Gasteiger charge is 2.16. The van der Waals surface area contributed by atoms with Crippen LogP contribution < -0.4 is 10.1 Å². The van der Waals surface area contributed by atoms with Gasteiger partial charge in [-0.3, -0.25) is 9.20 Å². The topological polar surface area (TPSA) is 118 Å². The largest absolute Gasteiger partial charge is 0.459 e. The first-order valence-electron chi connectivity index (χ1n) is 9.34. The Balaban J connectivity index is 1.37. The summed E-state index contributed by atoms with van der Waals surface area (Å²) in [6.07, 6.45) is 3.09. The van der Waals surface area contributed by atoms with Crippen molar-refractivity contribution in [3.8, 4) is 0 Å². The zero-order valence-corrected chi connectivity index (χ0v) is 17.3. The Hall–Kier alpha value is -3.76. The molecule has 0 aliphatic rings. The number of aryl methyl sites for hydroxylation is 1. The highest BCUT2D eigenvalue weighted by molar-refractivity contribution is 7.89. The number of hydrogen-bond acceptors (Lipinski definition) is 6. The molecule has 0 unspecified atom stereocenters. The number of nitrogens with zero attached hydrogens (tertiary/aromatic N) is 3. The van der Waals surface area contributed by atoms with Gasteiger partial charge in [0.15, 0.2) is 0 Å². The van der Waals surface area contributed by atoms with E-state index in [4.69, 9.17) is 4.42 Å². The van der Waals surface area contributed by atoms with Crippen molar-refractivity contribution in [1.82, 2.24) is 19.5 Å². The maximum absolute atomic E-state index is 12.5. The number of nitrogens with one attached hydrogen (secondary N) is 2. The minimum absolute atomic E-state index is 0.0154. The minimum atomic E-state index is -3.63. The lowest BCUT2D eigenvalue weighted by atomic mass is 10.3. The SMILES string of the molecule is Cc1nc2ccccn2c1C(=O)N/N=C\c1ccc(CNS(=O)(=O)c2ccccc2)o1. The van der Waals surface area contributed by atoms with Crippen LogP contribution in [0.1, 0.15) is 27.7 Å². The normalized spacial score (nSPS) is 11.9. The summed E-state index contributed by atoms with van der Waals surface area (Å²) in [4.78, 5) is 17.0. The minimum Gasteiger partial charge on any atom is -0.459 e. The van der Waals surface area contributed by atoms with Crippen molar-refractivity contribution < 1.29 is 17.6 Å². The molecule has 0 bridgehead atoms. The molecule has 0 atom stereocenters. The molecule has 158 valence electrons. The summed E-state index contributed by atoms with van der Waals surface area (Å²) in [7, 11) is -3.63. The predicted molar refractivity (Wildman–Crippen MR) is 114 cm³/mol. The van der Waals surface area contributed by atoms with Gasteiger partial charge >= 0.3 is 0 Å². The number of rotatable bonds is 7. The van der Waals surface area contributed by atoms with E-state index in [0.29, 0.717) is 28.6 Å². The molecule has 0 aliphatic carbocycles. The number of hydrogen-bond donors (Lipinski definition) is 2. The van der Waals surface area contributed by atoms with Crippen LogP contribution in [0.5, 0.6) is 0 Å². The summed E-state index contributed by atoms with van der Waals surface area (Å²) < 4.78 is 34.2. The van der Waals surface area contributed by atoms with Gasteiger partial charge in [0, 0.05) is 6.20 Å². The molecule has 10 heteroatoms. The van der Waals surface area contributed by atoms with Gasteiger partial charge in [-0.25, -0.2) is 23.5 Å². The van der Waals surface area contributed by atoms with E-state index >= 15 is 0 Å². The highest BCUT2D eigenvalue weighted by atomic mass is 32.2. The highest BCUT2D eigenvalue weighted by Crippen LogP contribution is 2.12. The van der Waals surface area contributed by atoms with Gasteiger partial charge in [-0.1, -0.05) is 24.3 Å². The van der Waals surface area contributed by atoms with E-state index < -0.39 is 15.9 Å². The third-order valence-electron chi connectivity index (χ3n) is 4.45. The number of imidazole rings is 1. The van der Waals surface area contributed by atoms with Crippen LogP contribution >= 0.6 is 0 Å². The molecular weight excluding hydrogens is 418 g/mol. The molecule has 3 aromatic heterocycles. The molecule has 3 heterocycles. The Morgan fingerprint density at radius 2 is 1.90 bits per heavy atom. The number of fused-ring (bicyclic) bond motifs is 1. The van der Waals surface area contributed by atoms with Crippen LogP contribution in [0, 0.1) is 6.92 Å². The van der Waals surface area contributed by atoms with E-state index in [9.17, 15) is 13.2 Å². The number of sulfonamides is 1. The molecule has 0 aliphatic heterocycles. The molecule has 0 saturated heterocycles. The second-order valence-corrected chi connectivity index (χ2v) is 8.38. The van der Waals surface area contributed by atoms with Crippen LogP contribution in [0.25, 0.3) is 5.65 Å². The van der Waals surface area contributed by atoms with Crippen molar-refractivity contribution in [2.45, 2.75) is 18.4 Å². The van der Waals surface area contributed by atoms with Crippen molar-refractivity contribution in [3.63, 3.8) is 0 Å². The maximum Gasteiger partial charge on any atom is 0.290 e. The van der Waals surface area contributed by atoms with Crippen LogP contribution in [0.4, 0.5) is 0 Å². The number of benzene rings is 1. The Bertz CT molecular complexity index is 1360. The molecule has 0 spiro atoms. The lowest BCUT2D eigenvalue weighted by molar-refractivity contribution is 0.0948. The summed E-state index contributed by atoms with van der Waals surface area (Å²) in [6.45, 7) is 1.74. The van der Waals surface area contributed by atoms with E-state index in [1.807, 2.05) is 18.2 Å². The number of hydrazone groups is 1. The Kier molecular flexibility index (Phi) is 5.65. The van der Waals surface area contributed by atoms with Crippen LogP contribution in [0.15, 0.2) is 81.3 Å². The van der Waals surface area contributed by atoms with Gasteiger partial charge in [-0.15, -0.1) is 0 Å². The zero-order valence-electron chi connectivity index (χ0n) is 16.5. The van der Waals surface area contributed by atoms with Crippen molar-refractivity contribution in [2.24, 2.45) is 5.10 Å². The summed E-state index contributed by atoms with van der Waals surface area (Å²) in [5.74, 6) is 0.365. The quantitative estimate of drug-likeness (QED) is 0.340. The van der Waals surface area contributed by atoms with E-state index in [1.165, 1.54) is 18.3 Å². The molecule has 4 rings (SSSR count). The number of aromatic nitrogens is 2. The van der Waals surface area contributed by atoms with Gasteiger partial charge in [-0.2, -0.15) is 5.10 Å². The molecule has 4 aromatic rings. The van der Waals surface area contributed by atoms with Gasteiger partial charge < -0.3 is 4.42 Å². The van der Waals surface area contributed by atoms with Crippen LogP contribution in [0.3, 0.4) is 0 Å². The van der Waals surface area contributed by atoms with Crippen LogP contribution in [-0.2, 0) is 16.6 Å². The van der Waals surface area contributed by atoms with Crippen molar-refractivity contribution in [1.29, 1.82) is 0 Å². The summed E-state index contributed by atoms with van der Waals surface area (Å²) >= 11 is 0. The van der Waals surface area contributed by atoms with Gasteiger partial charge in [0.1, 0.15) is 22.9 Å². The van der Waals surface area contributed by atoms with Crippen molar-refractivity contribution >= 4 is 27.8 Å². The lowest BCUT2D eigenvalue weighted by Crippen LogP contribution is -2.22. The van der Waals surface area contributed by atoms with E-state index in [-0.39, 0.29) is 11.4 Å². The first-order valence-corrected chi connectivity index (χ1v) is 10.8. The van der Waals surface area contributed by atoms with E-state index in [1.54, 1.807) is 47.9 Å². The van der Waals surface area contributed by atoms with Gasteiger partial charge in [0.05, 0.1) is 23.3 Å². The Morgan fingerprint density at radius 1 is 1.13 bits per heavy atom. The molecule has 0 radical (unpaired) electrons. The molecule has 9 nitrogen and oxygen atoms in total. The zero-order chi connectivity index (χ0) is 21.8. The summed E-state index contributed by atoms with van der Waals surface area (Å²) in [6, 6.07) is 16.8. The molecule has 2 N–H and O–H groups in total. The van der Waals surface area contributed by atoms with Crippen LogP contribution in [-0.4, -0.2) is 29.9 Å². The smallest absolute Gasteiger partial charge is 0.290 e. The molecule has 0 saturated carbocycles. The fourth-order valence-electron chi connectivity index (χ4n) is 3.00. The summed E-state index contributed by atoms with van der Waals surface area (Å²) in [5, 5.41) is 3.92. The standard InChI is InChI=1S/C21H19N5O4S/c1-15-20(26-12-6-5-9-19(26)24-15)21(27)25-22-13-16-10-11-17(30-16)14-23-31(28,29)18-7-3-2-4-8-18/h2-13,23H,14H2,1H3,(H,25,27)/b22-13-. The van der Waals surface area contributed by atoms with Crippen molar-refractivity contribution in [2.75, 3.05) is 0 Å². The number of carbonyl (C=O) groups excluding carboxylic acids is 1. The molecule has 1 amide bonds. The molecular formula is C21H19N5O4S. The second-order valence-electron chi connectivity index (χ2n) is 6.62. The number of amides is 1. The third kappa shape index (κ3) is 4.55. The van der Waals surface area contributed by atoms with Crippen molar-refractivity contribution in [3.05, 3.63) is 89.8 Å². The Morgan fingerprint density at radius 3 is 2.71 bits per heavy atom. The average molecular weight is 437 g/mol. The monoisotopic (exact) mass is 437 g/mol. The average Bonchev–Trinajstić information content (AvgIpc) is 3.36. The fraction of sp³-hybridized carbons (Fsp3) is 0.0952. The maximum atomic E-state index is 12.5. The molecule has 1 aromatic carbocycles. The Labute approximate surface area is 178 Å². The number of pyridine rings is 1. The second kappa shape index (κ2) is 8.54. The summed E-state index contributed by atoms with van der Waals surface area (Å²) in [5.41, 5.74) is 4.10. The predicted octanol–water partition coefficient (Wildman–Crippen LogP) is 2.48. The van der Waals surface area contributed by atoms with E-state index in [0.717, 1.165) is 0 Å². The first kappa shape index (κ1) is 20.5. The van der Waals surface area contributed by atoms with Crippen LogP contribution in [0.2, 0.25) is 0 Å². The number of furan rings is 1. The lowest BCUT2D eigenvalue weighted by Gasteiger charge is -2.04. The first-order chi connectivity index (χ1) is 14.9. The fourth-order valence-corrected chi connectivity index (χ4v) is 4.02. The molecule has 31 heavy (non-hydrogen) atoms. The molecule has 0 fully saturated rings. The van der Waals surface area contributed by atoms with Gasteiger partial charge in [0.2, 0.25) is 10.0 Å². The number of carbonyl (C=O) groups is 1. The van der Waals surface area contributed by atoms with Gasteiger partial charge in [0.25, 0.3) is 5.91 Å². The van der Waals surface area contributed by atoms with Gasteiger partial charge in [-0.05, 0) is 43.3 Å².